The first-order chi connectivity index (χ1) is 6.00. The Labute approximate surface area is 127 Å². The van der Waals surface area contributed by atoms with Crippen LogP contribution in [0.1, 0.15) is 0 Å². The molecule has 6 N–H and O–H groups in total. The molecule has 0 saturated heterocycles. The highest BCUT2D eigenvalue weighted by Gasteiger charge is 1.91. The first kappa shape index (κ1) is 27.5. The third kappa shape index (κ3) is 443. The van der Waals surface area contributed by atoms with Crippen LogP contribution in [0.2, 0.25) is 0 Å². The van der Waals surface area contributed by atoms with E-state index >= 15 is 0 Å². The number of thiol groups is 3. The van der Waals surface area contributed by atoms with Crippen LogP contribution in [0.4, 0.5) is 0 Å². The van der Waals surface area contributed by atoms with E-state index in [-0.39, 0.29) is 9.90 Å². The lowest BCUT2D eigenvalue weighted by Crippen LogP contribution is -1.53. The van der Waals surface area contributed by atoms with Gasteiger partial charge in [0.1, 0.15) is 0 Å². The molecule has 0 aromatic rings. The lowest BCUT2D eigenvalue weighted by Gasteiger charge is -1.88. The molecule has 0 aromatic heterocycles. The molecule has 0 fully saturated rings. The van der Waals surface area contributed by atoms with Gasteiger partial charge in [0.15, 0.2) is 0 Å². The molecule has 16 heteroatoms. The Morgan fingerprint density at radius 3 is 0.562 bits per heavy atom. The summed E-state index contributed by atoms with van der Waals surface area (Å²) in [5.74, 6) is 0. The standard InChI is InChI=1S/3H3O2PS2.H3P/c3*1-3(2,4)5;/h3*(H3,1,2,4,5);1H3. The van der Waals surface area contributed by atoms with Gasteiger partial charge < -0.3 is 29.4 Å². The Bertz CT molecular complexity index is 211. The van der Waals surface area contributed by atoms with Crippen molar-refractivity contribution in [2.24, 2.45) is 0 Å². The van der Waals surface area contributed by atoms with Crippen molar-refractivity contribution in [3.63, 3.8) is 0 Å². The SMILES string of the molecule is OP(O)(=S)S.OP(O)(=S)S.OP(O)(=S)S.P. The molecule has 0 radical (unpaired) electrons. The second-order valence-electron chi connectivity index (χ2n) is 1.54. The minimum Gasteiger partial charge on any atom is -0.338 e. The fraction of sp³-hybridized carbons (Fsp3) is 0. The van der Waals surface area contributed by atoms with E-state index in [1.165, 1.54) is 0 Å². The van der Waals surface area contributed by atoms with Gasteiger partial charge >= 0.3 is 0 Å². The molecule has 6 nitrogen and oxygen atoms in total. The molecular weight excluding hydrogens is 412 g/mol. The topological polar surface area (TPSA) is 121 Å². The minimum atomic E-state index is -3.11. The van der Waals surface area contributed by atoms with Crippen LogP contribution < -0.4 is 0 Å². The highest BCUT2D eigenvalue weighted by Crippen LogP contribution is 2.40. The van der Waals surface area contributed by atoms with E-state index < -0.39 is 17.1 Å². The average molecular weight is 424 g/mol. The van der Waals surface area contributed by atoms with E-state index in [0.717, 1.165) is 0 Å². The van der Waals surface area contributed by atoms with Gasteiger partial charge in [0, 0.05) is 0 Å². The van der Waals surface area contributed by atoms with Crippen molar-refractivity contribution in [1.29, 1.82) is 0 Å². The van der Waals surface area contributed by atoms with E-state index in [4.69, 9.17) is 29.4 Å². The molecule has 16 heavy (non-hydrogen) atoms. The Kier molecular flexibility index (Phi) is 20.6. The Hall–Kier alpha value is 3.19. The van der Waals surface area contributed by atoms with E-state index in [0.29, 0.717) is 0 Å². The van der Waals surface area contributed by atoms with Crippen molar-refractivity contribution in [2.75, 3.05) is 0 Å². The number of hydrogen-bond donors (Lipinski definition) is 9. The Morgan fingerprint density at radius 1 is 0.562 bits per heavy atom. The van der Waals surface area contributed by atoms with Gasteiger partial charge in [0.2, 0.25) is 17.1 Å². The second-order valence-corrected chi connectivity index (χ2v) is 16.7. The zero-order valence-corrected chi connectivity index (χ0v) is 16.5. The summed E-state index contributed by atoms with van der Waals surface area (Å²) in [4.78, 5) is 47.2. The van der Waals surface area contributed by atoms with Crippen LogP contribution in [0.3, 0.4) is 0 Å². The highest BCUT2D eigenvalue weighted by atomic mass is 32.9. The van der Waals surface area contributed by atoms with Crippen LogP contribution in [0.25, 0.3) is 0 Å². The molecule has 0 aliphatic heterocycles. The fourth-order valence-electron chi connectivity index (χ4n) is 0. The van der Waals surface area contributed by atoms with Crippen LogP contribution in [0.5, 0.6) is 0 Å². The van der Waals surface area contributed by atoms with E-state index in [2.05, 4.69) is 72.2 Å². The number of hydrogen-bond acceptors (Lipinski definition) is 3. The van der Waals surface area contributed by atoms with Gasteiger partial charge in [0.25, 0.3) is 0 Å². The van der Waals surface area contributed by atoms with Gasteiger partial charge in [0.05, 0.1) is 0 Å². The summed E-state index contributed by atoms with van der Waals surface area (Å²) < 4.78 is 0. The van der Waals surface area contributed by atoms with Crippen molar-refractivity contribution in [3.05, 3.63) is 0 Å². The normalized spacial score (nSPS) is 11.1. The molecule has 0 amide bonds. The largest absolute Gasteiger partial charge is 0.338 e. The molecule has 0 heterocycles. The predicted octanol–water partition coefficient (Wildman–Crippen LogP) is 0.434. The molecule has 0 bridgehead atoms. The van der Waals surface area contributed by atoms with Gasteiger partial charge in [-0.3, -0.25) is 0 Å². The zero-order chi connectivity index (χ0) is 13.5. The van der Waals surface area contributed by atoms with Crippen LogP contribution in [-0.2, 0) is 35.4 Å². The van der Waals surface area contributed by atoms with Crippen LogP contribution in [-0.4, -0.2) is 29.4 Å². The molecule has 0 rings (SSSR count). The molecular formula is H12O6P4S6. The van der Waals surface area contributed by atoms with Crippen LogP contribution in [0, 0.1) is 0 Å². The summed E-state index contributed by atoms with van der Waals surface area (Å²) in [6.07, 6.45) is 0. The van der Waals surface area contributed by atoms with Crippen molar-refractivity contribution >= 4 is 99.1 Å². The van der Waals surface area contributed by atoms with Crippen molar-refractivity contribution in [1.82, 2.24) is 0 Å². The molecule has 0 aromatic carbocycles. The smallest absolute Gasteiger partial charge is 0.239 e. The molecule has 0 aliphatic rings. The highest BCUT2D eigenvalue weighted by molar-refractivity contribution is 8.60. The average Bonchev–Trinajstić information content (AvgIpc) is 1.41. The van der Waals surface area contributed by atoms with E-state index in [1.807, 2.05) is 0 Å². The maximum absolute atomic E-state index is 7.87. The third-order valence-electron chi connectivity index (χ3n) is 0. The van der Waals surface area contributed by atoms with Gasteiger partial charge in [-0.25, -0.2) is 0 Å². The molecule has 0 saturated carbocycles. The van der Waals surface area contributed by atoms with Crippen LogP contribution >= 0.6 is 63.7 Å². The van der Waals surface area contributed by atoms with Crippen LogP contribution in [0.15, 0.2) is 0 Å². The zero-order valence-electron chi connectivity index (χ0n) is 7.30. The van der Waals surface area contributed by atoms with Gasteiger partial charge in [-0.05, 0) is 35.4 Å². The van der Waals surface area contributed by atoms with Crippen molar-refractivity contribution in [3.8, 4) is 0 Å². The lowest BCUT2D eigenvalue weighted by molar-refractivity contribution is 0.501. The predicted molar refractivity (Wildman–Crippen MR) is 94.2 cm³/mol. The number of rotatable bonds is 0. The molecule has 1 unspecified atom stereocenters. The summed E-state index contributed by atoms with van der Waals surface area (Å²) in [6, 6.07) is 0. The maximum atomic E-state index is 7.87. The van der Waals surface area contributed by atoms with Crippen molar-refractivity contribution in [2.45, 2.75) is 0 Å². The van der Waals surface area contributed by atoms with E-state index in [1.54, 1.807) is 0 Å². The van der Waals surface area contributed by atoms with Gasteiger partial charge in [-0.2, -0.15) is 9.90 Å². The molecule has 104 valence electrons. The summed E-state index contributed by atoms with van der Waals surface area (Å²) in [5, 5.41) is 0. The summed E-state index contributed by atoms with van der Waals surface area (Å²) in [5.41, 5.74) is -9.33. The minimum absolute atomic E-state index is 0. The lowest BCUT2D eigenvalue weighted by atomic mass is 15.9. The maximum Gasteiger partial charge on any atom is 0.239 e. The van der Waals surface area contributed by atoms with E-state index in [9.17, 15) is 0 Å². The Balaban J connectivity index is -0.0000000655. The molecule has 1 atom stereocenters. The quantitative estimate of drug-likeness (QED) is 0.201. The monoisotopic (exact) mass is 424 g/mol. The fourth-order valence-corrected chi connectivity index (χ4v) is 0. The first-order valence-electron chi connectivity index (χ1n) is 2.35. The van der Waals surface area contributed by atoms with Crippen molar-refractivity contribution < 1.29 is 29.4 Å². The first-order valence-corrected chi connectivity index (χ1v) is 13.9. The summed E-state index contributed by atoms with van der Waals surface area (Å²) >= 11 is 21.2. The summed E-state index contributed by atoms with van der Waals surface area (Å²) in [6.45, 7) is 0. The molecule has 0 spiro atoms. The van der Waals surface area contributed by atoms with Gasteiger partial charge in [-0.1, -0.05) is 36.7 Å². The summed E-state index contributed by atoms with van der Waals surface area (Å²) in [7, 11) is 0. The third-order valence-corrected chi connectivity index (χ3v) is 0. The van der Waals surface area contributed by atoms with Gasteiger partial charge in [-0.15, -0.1) is 0 Å². The molecule has 0 aliphatic carbocycles. The Morgan fingerprint density at radius 2 is 0.562 bits per heavy atom. The second kappa shape index (κ2) is 12.0.